The molecule has 2 saturated heterocycles. The Hall–Kier alpha value is -3.20. The Morgan fingerprint density at radius 3 is 2.39 bits per heavy atom. The molecule has 2 aliphatic rings. The van der Waals surface area contributed by atoms with Crippen molar-refractivity contribution in [3.05, 3.63) is 71.3 Å². The van der Waals surface area contributed by atoms with E-state index in [2.05, 4.69) is 5.32 Å². The minimum atomic E-state index is -3.23. The molecule has 0 spiro atoms. The van der Waals surface area contributed by atoms with Gasteiger partial charge in [0.15, 0.2) is 9.84 Å². The van der Waals surface area contributed by atoms with Crippen LogP contribution in [0.5, 0.6) is 0 Å². The fraction of sp³-hybridized carbons (Fsp3) is 0.375. The number of rotatable bonds is 6. The number of nitrogens with one attached hydrogen (secondary N) is 1. The third kappa shape index (κ3) is 4.64. The number of hydrogen-bond donors (Lipinski definition) is 1. The normalized spacial score (nSPS) is 24.1. The first-order valence-corrected chi connectivity index (χ1v) is 12.7. The fourth-order valence-corrected chi connectivity index (χ4v) is 6.10. The monoisotopic (exact) mass is 469 g/mol. The van der Waals surface area contributed by atoms with Crippen LogP contribution in [0.2, 0.25) is 0 Å². The van der Waals surface area contributed by atoms with E-state index >= 15 is 0 Å². The molecule has 9 heteroatoms. The Morgan fingerprint density at radius 1 is 1.12 bits per heavy atom. The van der Waals surface area contributed by atoms with Gasteiger partial charge in [0.1, 0.15) is 12.1 Å². The summed E-state index contributed by atoms with van der Waals surface area (Å²) < 4.78 is 24.1. The molecule has 2 aliphatic heterocycles. The van der Waals surface area contributed by atoms with Crippen LogP contribution < -0.4 is 5.32 Å². The molecule has 0 bridgehead atoms. The number of imide groups is 1. The first-order chi connectivity index (χ1) is 15.6. The van der Waals surface area contributed by atoms with Gasteiger partial charge in [0.25, 0.3) is 5.91 Å². The molecule has 0 unspecified atom stereocenters. The number of amides is 4. The van der Waals surface area contributed by atoms with Crippen LogP contribution in [-0.2, 0) is 31.5 Å². The second-order valence-corrected chi connectivity index (χ2v) is 11.1. The first kappa shape index (κ1) is 23.0. The highest BCUT2D eigenvalue weighted by Gasteiger charge is 2.50. The van der Waals surface area contributed by atoms with Crippen molar-refractivity contribution in [3.8, 4) is 0 Å². The molecular weight excluding hydrogens is 442 g/mol. The summed E-state index contributed by atoms with van der Waals surface area (Å²) in [6.45, 7) is 3.30. The van der Waals surface area contributed by atoms with Crippen molar-refractivity contribution in [2.75, 3.05) is 18.1 Å². The van der Waals surface area contributed by atoms with Crippen LogP contribution in [0.25, 0.3) is 0 Å². The van der Waals surface area contributed by atoms with Gasteiger partial charge < -0.3 is 10.2 Å². The summed E-state index contributed by atoms with van der Waals surface area (Å²) in [5.41, 5.74) is 1.22. The lowest BCUT2D eigenvalue weighted by Crippen LogP contribution is -2.48. The van der Waals surface area contributed by atoms with Crippen molar-refractivity contribution in [1.82, 2.24) is 15.1 Å². The number of sulfone groups is 1. The zero-order valence-electron chi connectivity index (χ0n) is 18.7. The van der Waals surface area contributed by atoms with Gasteiger partial charge in [-0.15, -0.1) is 0 Å². The van der Waals surface area contributed by atoms with Crippen molar-refractivity contribution in [2.45, 2.75) is 38.4 Å². The molecule has 1 N–H and O–H groups in total. The summed E-state index contributed by atoms with van der Waals surface area (Å²) in [5.74, 6) is -1.07. The molecule has 2 atom stereocenters. The van der Waals surface area contributed by atoms with Gasteiger partial charge in [0.2, 0.25) is 5.91 Å². The molecule has 8 nitrogen and oxygen atoms in total. The van der Waals surface area contributed by atoms with E-state index in [9.17, 15) is 22.8 Å². The lowest BCUT2D eigenvalue weighted by molar-refractivity contribution is -0.140. The molecule has 2 heterocycles. The number of urea groups is 1. The molecule has 174 valence electrons. The molecule has 2 aromatic carbocycles. The van der Waals surface area contributed by atoms with Gasteiger partial charge in [0, 0.05) is 12.6 Å². The van der Waals surface area contributed by atoms with Crippen molar-refractivity contribution >= 4 is 27.7 Å². The summed E-state index contributed by atoms with van der Waals surface area (Å²) in [6.07, 6.45) is 0.335. The van der Waals surface area contributed by atoms with Gasteiger partial charge in [-0.25, -0.2) is 13.2 Å². The molecule has 33 heavy (non-hydrogen) atoms. The highest BCUT2D eigenvalue weighted by Crippen LogP contribution is 2.29. The number of carbonyl (C=O) groups excluding carboxylic acids is 3. The van der Waals surface area contributed by atoms with Crippen LogP contribution in [0.4, 0.5) is 4.79 Å². The maximum Gasteiger partial charge on any atom is 0.325 e. The van der Waals surface area contributed by atoms with Crippen molar-refractivity contribution in [2.24, 2.45) is 0 Å². The molecule has 2 aromatic rings. The van der Waals surface area contributed by atoms with Crippen LogP contribution in [0, 0.1) is 6.92 Å². The molecule has 4 rings (SSSR count). The van der Waals surface area contributed by atoms with Crippen LogP contribution in [0.1, 0.15) is 30.0 Å². The lowest BCUT2D eigenvalue weighted by atomic mass is 9.91. The van der Waals surface area contributed by atoms with E-state index in [1.807, 2.05) is 49.4 Å². The minimum absolute atomic E-state index is 0.0187. The summed E-state index contributed by atoms with van der Waals surface area (Å²) in [5, 5.41) is 2.71. The van der Waals surface area contributed by atoms with Crippen molar-refractivity contribution in [3.63, 3.8) is 0 Å². The molecule has 0 saturated carbocycles. The summed E-state index contributed by atoms with van der Waals surface area (Å²) in [4.78, 5) is 41.7. The molecular formula is C24H27N3O5S. The molecule has 2 fully saturated rings. The number of nitrogens with zero attached hydrogens (tertiary/aromatic N) is 2. The van der Waals surface area contributed by atoms with Gasteiger partial charge >= 0.3 is 6.03 Å². The third-order valence-corrected chi connectivity index (χ3v) is 8.11. The Kier molecular flexibility index (Phi) is 6.00. The van der Waals surface area contributed by atoms with E-state index in [1.165, 1.54) is 4.90 Å². The van der Waals surface area contributed by atoms with Crippen LogP contribution in [0.15, 0.2) is 54.6 Å². The average Bonchev–Trinajstić information content (AvgIpc) is 3.24. The van der Waals surface area contributed by atoms with E-state index in [4.69, 9.17) is 0 Å². The lowest BCUT2D eigenvalue weighted by Gasteiger charge is -2.30. The van der Waals surface area contributed by atoms with E-state index in [1.54, 1.807) is 19.1 Å². The Balaban J connectivity index is 1.56. The number of hydrogen-bond acceptors (Lipinski definition) is 5. The van der Waals surface area contributed by atoms with E-state index in [0.29, 0.717) is 12.0 Å². The summed E-state index contributed by atoms with van der Waals surface area (Å²) in [7, 11) is -3.23. The zero-order valence-corrected chi connectivity index (χ0v) is 19.5. The maximum absolute atomic E-state index is 13.3. The maximum atomic E-state index is 13.3. The largest absolute Gasteiger partial charge is 0.333 e. The summed E-state index contributed by atoms with van der Waals surface area (Å²) >= 11 is 0. The highest BCUT2D eigenvalue weighted by molar-refractivity contribution is 7.91. The topological polar surface area (TPSA) is 104 Å². The van der Waals surface area contributed by atoms with Crippen LogP contribution in [-0.4, -0.2) is 60.2 Å². The van der Waals surface area contributed by atoms with Crippen LogP contribution >= 0.6 is 0 Å². The van der Waals surface area contributed by atoms with Gasteiger partial charge in [-0.1, -0.05) is 60.2 Å². The first-order valence-electron chi connectivity index (χ1n) is 10.8. The van der Waals surface area contributed by atoms with Crippen LogP contribution in [0.3, 0.4) is 0 Å². The molecule has 0 radical (unpaired) electrons. The predicted octanol–water partition coefficient (Wildman–Crippen LogP) is 1.98. The number of aryl methyl sites for hydroxylation is 1. The second kappa shape index (κ2) is 8.62. The smallest absolute Gasteiger partial charge is 0.325 e. The number of carbonyl (C=O) groups is 3. The quantitative estimate of drug-likeness (QED) is 0.652. The Morgan fingerprint density at radius 2 is 1.79 bits per heavy atom. The predicted molar refractivity (Wildman–Crippen MR) is 123 cm³/mol. The molecule has 0 aromatic heterocycles. The van der Waals surface area contributed by atoms with Crippen molar-refractivity contribution in [1.29, 1.82) is 0 Å². The van der Waals surface area contributed by atoms with Gasteiger partial charge in [-0.05, 0) is 31.4 Å². The standard InChI is InChI=1S/C24H27N3O5S/c1-17-8-10-19(11-9-17)24(2)22(29)27(23(30)25-24)15-21(28)26(14-18-6-4-3-5-7-18)20-12-13-33(31,32)16-20/h3-11,20H,12-16H2,1-2H3,(H,25,30)/t20-,24+/m0/s1. The minimum Gasteiger partial charge on any atom is -0.333 e. The van der Waals surface area contributed by atoms with E-state index < -0.39 is 45.8 Å². The van der Waals surface area contributed by atoms with Gasteiger partial charge in [-0.3, -0.25) is 14.5 Å². The number of benzene rings is 2. The highest BCUT2D eigenvalue weighted by atomic mass is 32.2. The molecule has 4 amide bonds. The average molecular weight is 470 g/mol. The Labute approximate surface area is 193 Å². The van der Waals surface area contributed by atoms with E-state index in [0.717, 1.165) is 16.0 Å². The second-order valence-electron chi connectivity index (χ2n) is 8.88. The van der Waals surface area contributed by atoms with Gasteiger partial charge in [-0.2, -0.15) is 0 Å². The summed E-state index contributed by atoms with van der Waals surface area (Å²) in [6, 6.07) is 15.4. The SMILES string of the molecule is Cc1ccc([C@@]2(C)NC(=O)N(CC(=O)N(Cc3ccccc3)[C@H]3CCS(=O)(=O)C3)C2=O)cc1. The van der Waals surface area contributed by atoms with Gasteiger partial charge in [0.05, 0.1) is 11.5 Å². The van der Waals surface area contributed by atoms with E-state index in [-0.39, 0.29) is 18.1 Å². The zero-order chi connectivity index (χ0) is 23.8. The molecule has 0 aliphatic carbocycles. The fourth-order valence-electron chi connectivity index (χ4n) is 4.37. The Bertz CT molecular complexity index is 1180. The third-order valence-electron chi connectivity index (χ3n) is 6.36. The van der Waals surface area contributed by atoms with Crippen molar-refractivity contribution < 1.29 is 22.8 Å².